The van der Waals surface area contributed by atoms with Gasteiger partial charge < -0.3 is 0 Å². The van der Waals surface area contributed by atoms with E-state index >= 15 is 0 Å². The van der Waals surface area contributed by atoms with E-state index in [0.717, 1.165) is 18.7 Å². The van der Waals surface area contributed by atoms with E-state index in [-0.39, 0.29) is 11.9 Å². The number of hydrogen-bond donors (Lipinski definition) is 2. The lowest BCUT2D eigenvalue weighted by Crippen LogP contribution is -2.43. The number of rotatable bonds is 6. The van der Waals surface area contributed by atoms with Crippen LogP contribution < -0.4 is 11.3 Å². The quantitative estimate of drug-likeness (QED) is 0.487. The van der Waals surface area contributed by atoms with E-state index in [2.05, 4.69) is 16.4 Å². The van der Waals surface area contributed by atoms with Crippen molar-refractivity contribution in [2.24, 2.45) is 5.84 Å². The van der Waals surface area contributed by atoms with Gasteiger partial charge in [-0.2, -0.15) is 0 Å². The van der Waals surface area contributed by atoms with E-state index in [0.29, 0.717) is 0 Å². The van der Waals surface area contributed by atoms with Crippen LogP contribution in [-0.2, 0) is 11.3 Å². The molecule has 0 saturated carbocycles. The molecule has 1 aromatic heterocycles. The minimum absolute atomic E-state index is 0.186. The lowest BCUT2D eigenvalue weighted by Gasteiger charge is -2.29. The summed E-state index contributed by atoms with van der Waals surface area (Å²) in [5.74, 6) is 5.17. The summed E-state index contributed by atoms with van der Waals surface area (Å²) in [5, 5.41) is 2.05. The number of benzene rings is 1. The fourth-order valence-corrected chi connectivity index (χ4v) is 2.96. The zero-order valence-corrected chi connectivity index (χ0v) is 12.3. The summed E-state index contributed by atoms with van der Waals surface area (Å²) in [6.07, 6.45) is 0. The zero-order valence-electron chi connectivity index (χ0n) is 11.5. The molecule has 1 atom stereocenters. The Bertz CT molecular complexity index is 527. The highest BCUT2D eigenvalue weighted by Gasteiger charge is 2.26. The second-order valence-electron chi connectivity index (χ2n) is 4.46. The van der Waals surface area contributed by atoms with Crippen molar-refractivity contribution >= 4 is 17.2 Å². The van der Waals surface area contributed by atoms with Crippen LogP contribution in [0.4, 0.5) is 0 Å². The summed E-state index contributed by atoms with van der Waals surface area (Å²) in [6, 6.07) is 13.5. The summed E-state index contributed by atoms with van der Waals surface area (Å²) in [6.45, 7) is 3.55. The second-order valence-corrected chi connectivity index (χ2v) is 5.50. The highest BCUT2D eigenvalue weighted by molar-refractivity contribution is 7.09. The lowest BCUT2D eigenvalue weighted by atomic mass is 10.0. The van der Waals surface area contributed by atoms with Crippen molar-refractivity contribution in [3.63, 3.8) is 0 Å². The molecule has 0 saturated heterocycles. The van der Waals surface area contributed by atoms with Crippen LogP contribution in [0.3, 0.4) is 0 Å². The van der Waals surface area contributed by atoms with Gasteiger partial charge in [0.15, 0.2) is 0 Å². The highest BCUT2D eigenvalue weighted by atomic mass is 32.1. The molecular formula is C15H19N3OS. The molecule has 1 amide bonds. The van der Waals surface area contributed by atoms with Crippen molar-refractivity contribution in [2.75, 3.05) is 6.54 Å². The molecule has 5 heteroatoms. The Kier molecular flexibility index (Phi) is 5.29. The Labute approximate surface area is 123 Å². The van der Waals surface area contributed by atoms with Gasteiger partial charge in [0, 0.05) is 11.4 Å². The first-order chi connectivity index (χ1) is 9.76. The number of carbonyl (C=O) groups excluding carboxylic acids is 1. The van der Waals surface area contributed by atoms with Gasteiger partial charge in [0.1, 0.15) is 6.04 Å². The number of nitrogens with one attached hydrogen (secondary N) is 1. The number of hydrazine groups is 1. The largest absolute Gasteiger partial charge is 0.293 e. The lowest BCUT2D eigenvalue weighted by molar-refractivity contribution is -0.127. The van der Waals surface area contributed by atoms with Gasteiger partial charge in [-0.1, -0.05) is 43.3 Å². The van der Waals surface area contributed by atoms with Crippen LogP contribution in [0.1, 0.15) is 23.4 Å². The predicted octanol–water partition coefficient (Wildman–Crippen LogP) is 2.30. The van der Waals surface area contributed by atoms with Gasteiger partial charge in [0.25, 0.3) is 5.91 Å². The van der Waals surface area contributed by atoms with Gasteiger partial charge in [-0.05, 0) is 23.6 Å². The Morgan fingerprint density at radius 2 is 2.05 bits per heavy atom. The molecule has 1 heterocycles. The van der Waals surface area contributed by atoms with Crippen molar-refractivity contribution < 1.29 is 4.79 Å². The molecular weight excluding hydrogens is 270 g/mol. The minimum atomic E-state index is -0.367. The van der Waals surface area contributed by atoms with Gasteiger partial charge in [0.05, 0.1) is 0 Å². The van der Waals surface area contributed by atoms with Crippen molar-refractivity contribution in [3.8, 4) is 0 Å². The van der Waals surface area contributed by atoms with E-state index < -0.39 is 0 Å². The third-order valence-electron chi connectivity index (χ3n) is 3.22. The molecule has 0 spiro atoms. The molecule has 0 bridgehead atoms. The number of likely N-dealkylation sites (N-methyl/N-ethyl adjacent to an activating group) is 1. The van der Waals surface area contributed by atoms with Gasteiger partial charge in [-0.25, -0.2) is 5.84 Å². The normalized spacial score (nSPS) is 12.3. The molecule has 0 aliphatic heterocycles. The SMILES string of the molecule is CCN(Cc1cccs1)C(C(=O)NN)c1ccccc1. The van der Waals surface area contributed by atoms with Crippen molar-refractivity contribution in [1.29, 1.82) is 0 Å². The molecule has 4 nitrogen and oxygen atoms in total. The standard InChI is InChI=1S/C15H19N3OS/c1-2-18(11-13-9-6-10-20-13)14(15(19)17-16)12-7-4-3-5-8-12/h3-10,14H,2,11,16H2,1H3,(H,17,19). The molecule has 0 aliphatic carbocycles. The maximum atomic E-state index is 12.2. The molecule has 2 aromatic rings. The van der Waals surface area contributed by atoms with Gasteiger partial charge >= 0.3 is 0 Å². The summed E-state index contributed by atoms with van der Waals surface area (Å²) in [7, 11) is 0. The van der Waals surface area contributed by atoms with E-state index in [1.807, 2.05) is 48.7 Å². The van der Waals surface area contributed by atoms with E-state index in [1.165, 1.54) is 4.88 Å². The molecule has 0 fully saturated rings. The van der Waals surface area contributed by atoms with E-state index in [9.17, 15) is 4.79 Å². The maximum absolute atomic E-state index is 12.2. The predicted molar refractivity (Wildman–Crippen MR) is 81.9 cm³/mol. The van der Waals surface area contributed by atoms with Crippen LogP contribution >= 0.6 is 11.3 Å². The monoisotopic (exact) mass is 289 g/mol. The number of thiophene rings is 1. The molecule has 2 rings (SSSR count). The number of carbonyl (C=O) groups is 1. The van der Waals surface area contributed by atoms with E-state index in [4.69, 9.17) is 5.84 Å². The molecule has 1 aromatic carbocycles. The summed E-state index contributed by atoms with van der Waals surface area (Å²) >= 11 is 1.69. The zero-order chi connectivity index (χ0) is 14.4. The molecule has 0 aliphatic rings. The van der Waals surface area contributed by atoms with Crippen LogP contribution in [0.25, 0.3) is 0 Å². The molecule has 0 radical (unpaired) electrons. The van der Waals surface area contributed by atoms with Gasteiger partial charge in [-0.15, -0.1) is 11.3 Å². The Morgan fingerprint density at radius 1 is 1.30 bits per heavy atom. The molecule has 20 heavy (non-hydrogen) atoms. The van der Waals surface area contributed by atoms with Gasteiger partial charge in [0.2, 0.25) is 0 Å². The van der Waals surface area contributed by atoms with E-state index in [1.54, 1.807) is 11.3 Å². The maximum Gasteiger partial charge on any atom is 0.255 e. The third-order valence-corrected chi connectivity index (χ3v) is 4.08. The number of nitrogens with two attached hydrogens (primary N) is 1. The van der Waals surface area contributed by atoms with Crippen molar-refractivity contribution in [1.82, 2.24) is 10.3 Å². The van der Waals surface area contributed by atoms with Crippen LogP contribution in [0.15, 0.2) is 47.8 Å². The minimum Gasteiger partial charge on any atom is -0.293 e. The molecule has 106 valence electrons. The Morgan fingerprint density at radius 3 is 2.60 bits per heavy atom. The van der Waals surface area contributed by atoms with Crippen LogP contribution in [0, 0.1) is 0 Å². The van der Waals surface area contributed by atoms with Crippen LogP contribution in [-0.4, -0.2) is 17.4 Å². The highest BCUT2D eigenvalue weighted by Crippen LogP contribution is 2.24. The summed E-state index contributed by atoms with van der Waals surface area (Å²) in [4.78, 5) is 15.5. The van der Waals surface area contributed by atoms with Crippen molar-refractivity contribution in [3.05, 3.63) is 58.3 Å². The number of amides is 1. The van der Waals surface area contributed by atoms with Crippen LogP contribution in [0.2, 0.25) is 0 Å². The summed E-state index contributed by atoms with van der Waals surface area (Å²) < 4.78 is 0. The number of hydrogen-bond acceptors (Lipinski definition) is 4. The van der Waals surface area contributed by atoms with Crippen molar-refractivity contribution in [2.45, 2.75) is 19.5 Å². The Balaban J connectivity index is 2.26. The summed E-state index contributed by atoms with van der Waals surface area (Å²) in [5.41, 5.74) is 3.23. The second kappa shape index (κ2) is 7.19. The van der Waals surface area contributed by atoms with Gasteiger partial charge in [-0.3, -0.25) is 15.1 Å². The van der Waals surface area contributed by atoms with Crippen LogP contribution in [0.5, 0.6) is 0 Å². The number of nitrogens with zero attached hydrogens (tertiary/aromatic N) is 1. The fraction of sp³-hybridized carbons (Fsp3) is 0.267. The first kappa shape index (κ1) is 14.7. The average Bonchev–Trinajstić information content (AvgIpc) is 3.00. The smallest absolute Gasteiger partial charge is 0.255 e. The first-order valence-electron chi connectivity index (χ1n) is 6.58. The average molecular weight is 289 g/mol. The third kappa shape index (κ3) is 3.45. The molecule has 1 unspecified atom stereocenters. The first-order valence-corrected chi connectivity index (χ1v) is 7.46. The Hall–Kier alpha value is -1.69. The topological polar surface area (TPSA) is 58.4 Å². The fourth-order valence-electron chi connectivity index (χ4n) is 2.23. The molecule has 3 N–H and O–H groups in total.